The molecule has 0 radical (unpaired) electrons. The number of phenols is 2. The molecular weight excluding hydrogens is 410 g/mol. The Balaban J connectivity index is 1.47. The summed E-state index contributed by atoms with van der Waals surface area (Å²) in [5.74, 6) is 1.46. The smallest absolute Gasteiger partial charge is 0.119 e. The first-order valence-electron chi connectivity index (χ1n) is 11.9. The van der Waals surface area contributed by atoms with Crippen molar-refractivity contribution in [1.82, 2.24) is 4.90 Å². The lowest BCUT2D eigenvalue weighted by molar-refractivity contribution is 0.223. The van der Waals surface area contributed by atoms with Crippen molar-refractivity contribution in [1.29, 1.82) is 0 Å². The Morgan fingerprint density at radius 3 is 2.30 bits per heavy atom. The number of allylic oxidation sites excluding steroid dienone is 1. The molecule has 0 bridgehead atoms. The lowest BCUT2D eigenvalue weighted by Crippen LogP contribution is -2.27. The van der Waals surface area contributed by atoms with E-state index < -0.39 is 0 Å². The van der Waals surface area contributed by atoms with E-state index in [1.807, 2.05) is 24.3 Å². The third kappa shape index (κ3) is 3.79. The first kappa shape index (κ1) is 21.6. The van der Waals surface area contributed by atoms with Crippen molar-refractivity contribution in [2.24, 2.45) is 0 Å². The van der Waals surface area contributed by atoms with Crippen LogP contribution in [0.5, 0.6) is 17.2 Å². The summed E-state index contributed by atoms with van der Waals surface area (Å²) in [6.45, 7) is 7.99. The minimum atomic E-state index is -0.222. The number of ether oxygens (including phenoxy) is 1. The molecule has 0 fully saturated rings. The zero-order chi connectivity index (χ0) is 23.0. The van der Waals surface area contributed by atoms with Gasteiger partial charge in [-0.2, -0.15) is 0 Å². The highest BCUT2D eigenvalue weighted by Crippen LogP contribution is 2.54. The molecule has 0 saturated heterocycles. The fourth-order valence-electron chi connectivity index (χ4n) is 5.47. The van der Waals surface area contributed by atoms with Gasteiger partial charge in [0.1, 0.15) is 23.9 Å². The summed E-state index contributed by atoms with van der Waals surface area (Å²) < 4.78 is 5.97. The number of rotatable bonds is 7. The van der Waals surface area contributed by atoms with Crippen LogP contribution < -0.4 is 4.74 Å². The predicted octanol–water partition coefficient (Wildman–Crippen LogP) is 5.50. The molecule has 0 aliphatic heterocycles. The topological polar surface area (TPSA) is 52.9 Å². The van der Waals surface area contributed by atoms with Gasteiger partial charge in [0.15, 0.2) is 0 Å². The first-order chi connectivity index (χ1) is 16.0. The van der Waals surface area contributed by atoms with E-state index in [4.69, 9.17) is 4.74 Å². The van der Waals surface area contributed by atoms with Gasteiger partial charge in [-0.25, -0.2) is 0 Å². The fourth-order valence-corrected chi connectivity index (χ4v) is 5.47. The zero-order valence-corrected chi connectivity index (χ0v) is 19.3. The van der Waals surface area contributed by atoms with Crippen LogP contribution in [0.1, 0.15) is 48.1 Å². The molecule has 33 heavy (non-hydrogen) atoms. The van der Waals surface area contributed by atoms with Crippen molar-refractivity contribution in [3.63, 3.8) is 0 Å². The Morgan fingerprint density at radius 1 is 0.879 bits per heavy atom. The molecule has 0 saturated carbocycles. The number of nitrogens with zero attached hydrogens (tertiary/aromatic N) is 1. The molecule has 0 amide bonds. The van der Waals surface area contributed by atoms with Gasteiger partial charge in [-0.1, -0.05) is 44.2 Å². The second-order valence-corrected chi connectivity index (χ2v) is 9.00. The van der Waals surface area contributed by atoms with Crippen LogP contribution >= 0.6 is 0 Å². The Bertz CT molecular complexity index is 1190. The van der Waals surface area contributed by atoms with E-state index in [1.54, 1.807) is 12.1 Å². The number of fused-ring (bicyclic) bond motifs is 4. The highest BCUT2D eigenvalue weighted by Gasteiger charge is 2.44. The molecule has 4 nitrogen and oxygen atoms in total. The minimum absolute atomic E-state index is 0.222. The van der Waals surface area contributed by atoms with Gasteiger partial charge in [0.05, 0.1) is 0 Å². The average molecular weight is 442 g/mol. The molecule has 2 N–H and O–H groups in total. The van der Waals surface area contributed by atoms with Crippen molar-refractivity contribution >= 4 is 5.57 Å². The van der Waals surface area contributed by atoms with Gasteiger partial charge in [-0.3, -0.25) is 0 Å². The Morgan fingerprint density at radius 2 is 1.58 bits per heavy atom. The molecule has 3 aromatic carbocycles. The van der Waals surface area contributed by atoms with Crippen molar-refractivity contribution in [3.05, 3.63) is 94.6 Å². The van der Waals surface area contributed by atoms with Gasteiger partial charge in [-0.05, 0) is 95.7 Å². The Kier molecular flexibility index (Phi) is 5.63. The number of likely N-dealkylation sites (N-methyl/N-ethyl adjacent to an activating group) is 1. The van der Waals surface area contributed by atoms with Crippen molar-refractivity contribution < 1.29 is 14.9 Å². The van der Waals surface area contributed by atoms with Crippen LogP contribution in [0, 0.1) is 0 Å². The van der Waals surface area contributed by atoms with Gasteiger partial charge < -0.3 is 19.8 Å². The van der Waals surface area contributed by atoms with Gasteiger partial charge in [0.25, 0.3) is 0 Å². The maximum absolute atomic E-state index is 10.3. The summed E-state index contributed by atoms with van der Waals surface area (Å²) in [5.41, 5.74) is 6.77. The normalized spacial score (nSPS) is 18.5. The quantitative estimate of drug-likeness (QED) is 0.509. The zero-order valence-electron chi connectivity index (χ0n) is 19.3. The van der Waals surface area contributed by atoms with Crippen LogP contribution in [0.3, 0.4) is 0 Å². The van der Waals surface area contributed by atoms with E-state index in [0.717, 1.165) is 54.9 Å². The monoisotopic (exact) mass is 441 g/mol. The van der Waals surface area contributed by atoms with Crippen LogP contribution in [0.15, 0.2) is 66.7 Å². The largest absolute Gasteiger partial charge is 0.508 e. The number of hydrogen-bond acceptors (Lipinski definition) is 4. The van der Waals surface area contributed by atoms with E-state index in [2.05, 4.69) is 49.1 Å². The summed E-state index contributed by atoms with van der Waals surface area (Å²) in [7, 11) is 0. The van der Waals surface area contributed by atoms with Crippen LogP contribution in [0.4, 0.5) is 0 Å². The van der Waals surface area contributed by atoms with E-state index in [1.165, 1.54) is 16.7 Å². The number of phenolic OH excluding ortho intramolecular Hbond substituents is 2. The van der Waals surface area contributed by atoms with Gasteiger partial charge in [0, 0.05) is 12.0 Å². The predicted molar refractivity (Wildman–Crippen MR) is 132 cm³/mol. The molecule has 0 aromatic heterocycles. The molecule has 1 unspecified atom stereocenters. The van der Waals surface area contributed by atoms with Gasteiger partial charge in [-0.15, -0.1) is 0 Å². The lowest BCUT2D eigenvalue weighted by atomic mass is 9.77. The summed E-state index contributed by atoms with van der Waals surface area (Å²) in [6, 6.07) is 19.7. The average Bonchev–Trinajstić information content (AvgIpc) is 3.35. The third-order valence-electron chi connectivity index (χ3n) is 7.26. The maximum atomic E-state index is 10.3. The SMILES string of the molecule is CCN(CC)CCOc1ccc(C2=CC3(CCc4cc(O)ccc43)c3ccc(O)cc32)cc1. The van der Waals surface area contributed by atoms with Crippen LogP contribution in [0.2, 0.25) is 0 Å². The van der Waals surface area contributed by atoms with E-state index in [-0.39, 0.29) is 11.2 Å². The number of aryl methyl sites for hydroxylation is 1. The molecule has 2 aliphatic carbocycles. The number of benzene rings is 3. The summed E-state index contributed by atoms with van der Waals surface area (Å²) in [4.78, 5) is 2.35. The number of aromatic hydroxyl groups is 2. The highest BCUT2D eigenvalue weighted by molar-refractivity contribution is 5.89. The van der Waals surface area contributed by atoms with E-state index in [0.29, 0.717) is 12.4 Å². The van der Waals surface area contributed by atoms with Crippen molar-refractivity contribution in [2.75, 3.05) is 26.2 Å². The third-order valence-corrected chi connectivity index (χ3v) is 7.26. The van der Waals surface area contributed by atoms with Crippen LogP contribution in [-0.4, -0.2) is 41.4 Å². The second kappa shape index (κ2) is 8.60. The number of hydrogen-bond donors (Lipinski definition) is 2. The molecule has 4 heteroatoms. The van der Waals surface area contributed by atoms with Crippen LogP contribution in [-0.2, 0) is 11.8 Å². The van der Waals surface area contributed by atoms with Crippen LogP contribution in [0.25, 0.3) is 5.57 Å². The molecule has 5 rings (SSSR count). The lowest BCUT2D eigenvalue weighted by Gasteiger charge is -2.25. The molecule has 0 heterocycles. The highest BCUT2D eigenvalue weighted by atomic mass is 16.5. The minimum Gasteiger partial charge on any atom is -0.508 e. The first-order valence-corrected chi connectivity index (χ1v) is 11.9. The summed E-state index contributed by atoms with van der Waals surface area (Å²) >= 11 is 0. The molecule has 170 valence electrons. The van der Waals surface area contributed by atoms with E-state index >= 15 is 0 Å². The summed E-state index contributed by atoms with van der Waals surface area (Å²) in [6.07, 6.45) is 4.24. The maximum Gasteiger partial charge on any atom is 0.119 e. The van der Waals surface area contributed by atoms with E-state index in [9.17, 15) is 10.2 Å². The molecule has 1 atom stereocenters. The molecule has 1 spiro atoms. The van der Waals surface area contributed by atoms with Crippen molar-refractivity contribution in [3.8, 4) is 17.2 Å². The van der Waals surface area contributed by atoms with Gasteiger partial charge >= 0.3 is 0 Å². The summed E-state index contributed by atoms with van der Waals surface area (Å²) in [5, 5.41) is 20.2. The molecular formula is C29H31NO3. The fraction of sp³-hybridized carbons (Fsp3) is 0.310. The standard InChI is InChI=1S/C29H31NO3/c1-3-30(4-2)15-16-33-24-9-5-20(6-10-24)26-19-29(28-12-8-23(32)18-25(26)28)14-13-21-17-22(31)7-11-27(21)29/h5-12,17-19,31-32H,3-4,13-16H2,1-2H3. The second-order valence-electron chi connectivity index (χ2n) is 9.00. The Hall–Kier alpha value is -3.24. The molecule has 3 aromatic rings. The molecule has 2 aliphatic rings. The van der Waals surface area contributed by atoms with Gasteiger partial charge in [0.2, 0.25) is 0 Å². The Labute approximate surface area is 195 Å². The van der Waals surface area contributed by atoms with Crippen molar-refractivity contribution in [2.45, 2.75) is 32.1 Å².